The summed E-state index contributed by atoms with van der Waals surface area (Å²) in [6.45, 7) is 7.78. The molecule has 5 aliphatic heterocycles. The van der Waals surface area contributed by atoms with Crippen LogP contribution in [0.15, 0.2) is 0 Å². The van der Waals surface area contributed by atoms with Crippen molar-refractivity contribution in [1.29, 1.82) is 0 Å². The van der Waals surface area contributed by atoms with E-state index in [-0.39, 0.29) is 40.9 Å². The summed E-state index contributed by atoms with van der Waals surface area (Å²) < 4.78 is 70.1. The Bertz CT molecular complexity index is 1000. The second-order valence-electron chi connectivity index (χ2n) is 11.0. The van der Waals surface area contributed by atoms with E-state index in [1.54, 1.807) is 0 Å². The molecule has 0 saturated carbocycles. The lowest BCUT2D eigenvalue weighted by Gasteiger charge is -2.27. The van der Waals surface area contributed by atoms with Crippen molar-refractivity contribution in [1.82, 2.24) is 20.4 Å². The van der Waals surface area contributed by atoms with Gasteiger partial charge in [0.25, 0.3) is 0 Å². The number of nitrogens with two attached hydrogens (primary N) is 1. The number of halogens is 2. The second kappa shape index (κ2) is 28.9. The molecule has 0 aromatic carbocycles. The first-order chi connectivity index (χ1) is 22.2. The van der Waals surface area contributed by atoms with Crippen molar-refractivity contribution >= 4 is 64.5 Å². The zero-order valence-electron chi connectivity index (χ0n) is 27.8. The zero-order valence-corrected chi connectivity index (χ0v) is 32.6. The van der Waals surface area contributed by atoms with Crippen LogP contribution in [0.4, 0.5) is 0 Å². The quantitative estimate of drug-likeness (QED) is 0.106. The lowest BCUT2D eigenvalue weighted by Crippen LogP contribution is -2.45. The molecule has 16 nitrogen and oxygen atoms in total. The Morgan fingerprint density at radius 1 is 0.750 bits per heavy atom. The molecule has 5 fully saturated rings. The van der Waals surface area contributed by atoms with Crippen LogP contribution in [0.25, 0.3) is 0 Å². The zero-order chi connectivity index (χ0) is 35.8. The van der Waals surface area contributed by atoms with Gasteiger partial charge in [0.05, 0.1) is 65.3 Å². The third kappa shape index (κ3) is 29.0. The fraction of sp³-hybridized carbons (Fsp3) is 1.00. The molecule has 0 aromatic rings. The van der Waals surface area contributed by atoms with Gasteiger partial charge >= 0.3 is 0 Å². The summed E-state index contributed by atoms with van der Waals surface area (Å²) in [6, 6.07) is 0. The predicted octanol–water partition coefficient (Wildman–Crippen LogP) is -3.91. The fourth-order valence-electron chi connectivity index (χ4n) is 3.94. The number of nitrogens with one attached hydrogen (secondary N) is 2. The van der Waals surface area contributed by atoms with Crippen molar-refractivity contribution in [3.05, 3.63) is 0 Å². The van der Waals surface area contributed by atoms with E-state index >= 15 is 0 Å². The Balaban J connectivity index is 0. The molecule has 292 valence electrons. The molecule has 5 rings (SSSR count). The maximum atomic E-state index is 11.0. The van der Waals surface area contributed by atoms with Crippen molar-refractivity contribution in [2.45, 2.75) is 18.3 Å². The third-order valence-electron chi connectivity index (χ3n) is 6.86. The van der Waals surface area contributed by atoms with Gasteiger partial charge in [-0.05, 0) is 0 Å². The van der Waals surface area contributed by atoms with E-state index in [2.05, 4.69) is 10.6 Å². The Kier molecular flexibility index (Phi) is 30.4. The van der Waals surface area contributed by atoms with Gasteiger partial charge in [-0.2, -0.15) is 11.8 Å². The SMILES string of the molecule is C1CSCCN1.CO.ClCC1CO1.NCC(O)CN1CCS(=O)(=O)CC1.O.O=S1(=O)CCN(CC(O)CCl)CC1.O=S1(=O)CCNCC1. The molecule has 0 aromatic heterocycles. The van der Waals surface area contributed by atoms with Crippen LogP contribution in [0.3, 0.4) is 0 Å². The number of ether oxygens (including phenoxy) is 1. The molecule has 9 N–H and O–H groups in total. The molecule has 48 heavy (non-hydrogen) atoms. The first kappa shape index (κ1) is 50.5. The summed E-state index contributed by atoms with van der Waals surface area (Å²) in [5.74, 6) is 4.89. The predicted molar refractivity (Wildman–Crippen MR) is 196 cm³/mol. The van der Waals surface area contributed by atoms with Gasteiger partial charge < -0.3 is 41.9 Å². The van der Waals surface area contributed by atoms with Crippen molar-refractivity contribution in [2.75, 3.05) is 143 Å². The maximum absolute atomic E-state index is 11.0. The number of alkyl halides is 2. The lowest BCUT2D eigenvalue weighted by molar-refractivity contribution is 0.123. The fourth-order valence-corrected chi connectivity index (χ4v) is 8.67. The van der Waals surface area contributed by atoms with E-state index in [0.717, 1.165) is 13.7 Å². The van der Waals surface area contributed by atoms with Crippen molar-refractivity contribution < 1.29 is 50.8 Å². The number of thioether (sulfide) groups is 1. The van der Waals surface area contributed by atoms with Crippen LogP contribution >= 0.6 is 35.0 Å². The molecule has 22 heteroatoms. The van der Waals surface area contributed by atoms with Crippen LogP contribution in [0.5, 0.6) is 0 Å². The van der Waals surface area contributed by atoms with Gasteiger partial charge in [0.15, 0.2) is 29.5 Å². The van der Waals surface area contributed by atoms with Gasteiger partial charge in [-0.25, -0.2) is 25.3 Å². The minimum absolute atomic E-state index is 0. The molecular weight excluding hydrogens is 757 g/mol. The highest BCUT2D eigenvalue weighted by molar-refractivity contribution is 7.99. The Labute approximate surface area is 301 Å². The molecule has 0 bridgehead atoms. The highest BCUT2D eigenvalue weighted by Gasteiger charge is 2.23. The minimum atomic E-state index is -2.81. The molecule has 0 radical (unpaired) electrons. The molecule has 5 aliphatic rings. The van der Waals surface area contributed by atoms with Crippen LogP contribution in [-0.2, 0) is 34.2 Å². The first-order valence-electron chi connectivity index (χ1n) is 15.5. The van der Waals surface area contributed by atoms with Gasteiger partial charge in [-0.1, -0.05) is 0 Å². The highest BCUT2D eigenvalue weighted by Crippen LogP contribution is 2.09. The average molecular weight is 817 g/mol. The van der Waals surface area contributed by atoms with E-state index in [4.69, 9.17) is 38.8 Å². The van der Waals surface area contributed by atoms with Crippen molar-refractivity contribution in [3.8, 4) is 0 Å². The smallest absolute Gasteiger partial charge is 0.152 e. The maximum Gasteiger partial charge on any atom is 0.152 e. The Hall–Kier alpha value is 0.380. The van der Waals surface area contributed by atoms with Gasteiger partial charge in [-0.15, -0.1) is 23.2 Å². The normalized spacial score (nSPS) is 25.2. The Morgan fingerprint density at radius 2 is 1.12 bits per heavy atom. The van der Waals surface area contributed by atoms with Gasteiger partial charge in [-0.3, -0.25) is 9.80 Å². The number of aliphatic hydroxyl groups excluding tert-OH is 3. The molecular formula is C26H59Cl2N5O11S4. The summed E-state index contributed by atoms with van der Waals surface area (Å²) in [7, 11) is -7.27. The van der Waals surface area contributed by atoms with E-state index in [1.165, 1.54) is 24.6 Å². The van der Waals surface area contributed by atoms with Crippen LogP contribution in [0.1, 0.15) is 0 Å². The number of sulfone groups is 3. The number of β-amino-alcohol motifs (C(OH)–C–C–N with tert-alkyl or cyclic N) is 2. The van der Waals surface area contributed by atoms with Crippen molar-refractivity contribution in [2.24, 2.45) is 5.73 Å². The van der Waals surface area contributed by atoms with Crippen LogP contribution in [0, 0.1) is 0 Å². The third-order valence-corrected chi connectivity index (χ3v) is 13.4. The highest BCUT2D eigenvalue weighted by atomic mass is 35.5. The largest absolute Gasteiger partial charge is 0.412 e. The molecule has 0 aliphatic carbocycles. The number of hydrogen-bond donors (Lipinski definition) is 6. The summed E-state index contributed by atoms with van der Waals surface area (Å²) in [6.07, 6.45) is -0.694. The number of rotatable bonds is 7. The molecule has 5 saturated heterocycles. The summed E-state index contributed by atoms with van der Waals surface area (Å²) in [5, 5.41) is 31.7. The minimum Gasteiger partial charge on any atom is -0.412 e. The van der Waals surface area contributed by atoms with Gasteiger partial charge in [0.2, 0.25) is 0 Å². The lowest BCUT2D eigenvalue weighted by atomic mass is 10.3. The summed E-state index contributed by atoms with van der Waals surface area (Å²) in [4.78, 5) is 3.85. The molecule has 0 amide bonds. The standard InChI is InChI=1S/C7H14ClNO3S.C7H16N2O3S.C4H9NO2S.C4H9NS.C3H5ClO.CH4O.H2O/c2*8-5-7(10)6-9-1-3-13(11,12)4-2-9;6-8(7)3-1-5-2-4-8;1-3-6-4-2-5-1;4-1-3-2-5-3;1-2;/h7,10H,1-6H2;7,10H,1-6,8H2;5H,1-4H2;5H,1-4H2;3H,1-2H2;2H,1H3;1H2. The Morgan fingerprint density at radius 3 is 1.35 bits per heavy atom. The van der Waals surface area contributed by atoms with Crippen LogP contribution < -0.4 is 16.4 Å². The monoisotopic (exact) mass is 815 g/mol. The van der Waals surface area contributed by atoms with Gasteiger partial charge in [0.1, 0.15) is 0 Å². The summed E-state index contributed by atoms with van der Waals surface area (Å²) in [5.41, 5.74) is 5.25. The molecule has 0 spiro atoms. The average Bonchev–Trinajstić information content (AvgIpc) is 3.91. The number of hydrogen-bond acceptors (Lipinski definition) is 16. The van der Waals surface area contributed by atoms with E-state index in [9.17, 15) is 35.5 Å². The topological polar surface area (TPSA) is 264 Å². The molecule has 3 unspecified atom stereocenters. The van der Waals surface area contributed by atoms with Crippen molar-refractivity contribution in [3.63, 3.8) is 0 Å². The van der Waals surface area contributed by atoms with E-state index < -0.39 is 41.7 Å². The molecule has 3 atom stereocenters. The van der Waals surface area contributed by atoms with Gasteiger partial charge in [0, 0.05) is 96.5 Å². The van der Waals surface area contributed by atoms with E-state index in [0.29, 0.717) is 75.8 Å². The number of aliphatic hydroxyl groups is 3. The summed E-state index contributed by atoms with van der Waals surface area (Å²) >= 11 is 12.7. The number of epoxide rings is 1. The molecule has 5 heterocycles. The van der Waals surface area contributed by atoms with Crippen LogP contribution in [0.2, 0.25) is 0 Å². The number of nitrogens with zero attached hydrogens (tertiary/aromatic N) is 2. The van der Waals surface area contributed by atoms with Crippen LogP contribution in [-0.4, -0.2) is 218 Å². The first-order valence-corrected chi connectivity index (χ1v) is 23.2. The second-order valence-corrected chi connectivity index (χ2v) is 19.7. The van der Waals surface area contributed by atoms with E-state index in [1.807, 2.05) is 21.6 Å².